The number of nitrogens with zero attached hydrogens (tertiary/aromatic N) is 2. The third-order valence-corrected chi connectivity index (χ3v) is 5.81. The summed E-state index contributed by atoms with van der Waals surface area (Å²) < 4.78 is 0. The highest BCUT2D eigenvalue weighted by Crippen LogP contribution is 2.34. The molecule has 2 atom stereocenters. The van der Waals surface area contributed by atoms with Crippen molar-refractivity contribution in [3.63, 3.8) is 0 Å². The van der Waals surface area contributed by atoms with Gasteiger partial charge in [-0.2, -0.15) is 5.10 Å². The minimum Gasteiger partial charge on any atom is -0.338 e. The highest BCUT2D eigenvalue weighted by molar-refractivity contribution is 7.20. The average Bonchev–Trinajstić information content (AvgIpc) is 3.16. The number of thiophene rings is 1. The van der Waals surface area contributed by atoms with Gasteiger partial charge in [-0.3, -0.25) is 9.89 Å². The van der Waals surface area contributed by atoms with Crippen LogP contribution in [-0.2, 0) is 0 Å². The van der Waals surface area contributed by atoms with E-state index in [2.05, 4.69) is 47.5 Å². The highest BCUT2D eigenvalue weighted by Gasteiger charge is 2.30. The minimum absolute atomic E-state index is 0.151. The van der Waals surface area contributed by atoms with Crippen LogP contribution in [0.1, 0.15) is 34.5 Å². The van der Waals surface area contributed by atoms with Crippen LogP contribution in [0.15, 0.2) is 42.6 Å². The van der Waals surface area contributed by atoms with Crippen LogP contribution in [0, 0.1) is 5.92 Å². The van der Waals surface area contributed by atoms with Gasteiger partial charge in [-0.1, -0.05) is 37.3 Å². The van der Waals surface area contributed by atoms with Crippen molar-refractivity contribution >= 4 is 27.5 Å². The molecular weight excluding hydrogens is 306 g/mol. The van der Waals surface area contributed by atoms with Gasteiger partial charge in [0.25, 0.3) is 5.91 Å². The first-order valence-electron chi connectivity index (χ1n) is 7.99. The number of hydrogen-bond acceptors (Lipinski definition) is 3. The summed E-state index contributed by atoms with van der Waals surface area (Å²) in [7, 11) is 0. The summed E-state index contributed by atoms with van der Waals surface area (Å²) in [4.78, 5) is 16.5. The predicted octanol–water partition coefficient (Wildman–Crippen LogP) is 3.89. The largest absolute Gasteiger partial charge is 0.338 e. The van der Waals surface area contributed by atoms with E-state index >= 15 is 0 Å². The molecule has 1 aromatic carbocycles. The van der Waals surface area contributed by atoms with Crippen LogP contribution in [0.25, 0.3) is 10.2 Å². The first-order valence-corrected chi connectivity index (χ1v) is 8.81. The predicted molar refractivity (Wildman–Crippen MR) is 92.8 cm³/mol. The average molecular weight is 325 g/mol. The maximum Gasteiger partial charge on any atom is 0.264 e. The number of carbonyl (C=O) groups is 1. The second-order valence-corrected chi connectivity index (χ2v) is 7.35. The Kier molecular flexibility index (Phi) is 3.65. The van der Waals surface area contributed by atoms with Crippen molar-refractivity contribution in [3.8, 4) is 0 Å². The lowest BCUT2D eigenvalue weighted by Crippen LogP contribution is -2.41. The summed E-state index contributed by atoms with van der Waals surface area (Å²) in [6.45, 7) is 3.90. The lowest BCUT2D eigenvalue weighted by Gasteiger charge is -2.37. The lowest BCUT2D eigenvalue weighted by molar-refractivity contribution is 0.0666. The number of benzene rings is 1. The zero-order chi connectivity index (χ0) is 15.8. The Balaban J connectivity index is 1.49. The number of fused-ring (bicyclic) bond motifs is 1. The van der Waals surface area contributed by atoms with Gasteiger partial charge < -0.3 is 4.90 Å². The molecule has 0 radical (unpaired) electrons. The van der Waals surface area contributed by atoms with Gasteiger partial charge in [0.15, 0.2) is 0 Å². The van der Waals surface area contributed by atoms with Gasteiger partial charge in [-0.15, -0.1) is 11.3 Å². The van der Waals surface area contributed by atoms with Crippen LogP contribution in [0.3, 0.4) is 0 Å². The Labute approximate surface area is 139 Å². The van der Waals surface area contributed by atoms with Crippen molar-refractivity contribution < 1.29 is 4.79 Å². The summed E-state index contributed by atoms with van der Waals surface area (Å²) >= 11 is 1.49. The van der Waals surface area contributed by atoms with E-state index in [1.165, 1.54) is 16.9 Å². The minimum atomic E-state index is 0.151. The van der Waals surface area contributed by atoms with Gasteiger partial charge in [0.2, 0.25) is 0 Å². The second-order valence-electron chi connectivity index (χ2n) is 6.30. The van der Waals surface area contributed by atoms with Crippen LogP contribution in [0.5, 0.6) is 0 Å². The van der Waals surface area contributed by atoms with Crippen molar-refractivity contribution in [2.45, 2.75) is 19.3 Å². The zero-order valence-corrected chi connectivity index (χ0v) is 13.8. The van der Waals surface area contributed by atoms with Crippen molar-refractivity contribution in [3.05, 3.63) is 53.0 Å². The number of nitrogens with one attached hydrogen (secondary N) is 1. The van der Waals surface area contributed by atoms with Crippen LogP contribution in [0.4, 0.5) is 0 Å². The normalized spacial score (nSPS) is 21.7. The summed E-state index contributed by atoms with van der Waals surface area (Å²) in [6.07, 6.45) is 2.80. The molecule has 1 aliphatic rings. The topological polar surface area (TPSA) is 49.0 Å². The first-order chi connectivity index (χ1) is 11.2. The SMILES string of the molecule is CC1CN(C(=O)c2cc3cn[nH]c3s2)CCC1c1ccccc1. The fourth-order valence-corrected chi connectivity index (χ4v) is 4.49. The molecular formula is C18H19N3OS. The summed E-state index contributed by atoms with van der Waals surface area (Å²) in [5.74, 6) is 1.17. The molecule has 1 fully saturated rings. The van der Waals surface area contributed by atoms with Gasteiger partial charge in [0.05, 0.1) is 11.1 Å². The molecule has 1 amide bonds. The van der Waals surface area contributed by atoms with E-state index in [9.17, 15) is 4.79 Å². The molecule has 2 aromatic heterocycles. The second kappa shape index (κ2) is 5.81. The first kappa shape index (κ1) is 14.5. The summed E-state index contributed by atoms with van der Waals surface area (Å²) in [6, 6.07) is 12.6. The Morgan fingerprint density at radius 2 is 2.17 bits per heavy atom. The Hall–Kier alpha value is -2.14. The summed E-state index contributed by atoms with van der Waals surface area (Å²) in [5, 5.41) is 7.94. The smallest absolute Gasteiger partial charge is 0.264 e. The Morgan fingerprint density at radius 1 is 1.35 bits per heavy atom. The number of amides is 1. The third-order valence-electron chi connectivity index (χ3n) is 4.76. The molecule has 0 aliphatic carbocycles. The molecule has 4 rings (SSSR count). The summed E-state index contributed by atoms with van der Waals surface area (Å²) in [5.41, 5.74) is 1.39. The monoisotopic (exact) mass is 325 g/mol. The quantitative estimate of drug-likeness (QED) is 0.777. The molecule has 5 heteroatoms. The lowest BCUT2D eigenvalue weighted by atomic mass is 9.81. The molecule has 0 saturated carbocycles. The standard InChI is InChI=1S/C18H19N3OS/c1-12-11-21(8-7-15(12)13-5-3-2-4-6-13)18(22)16-9-14-10-19-20-17(14)23-16/h2-6,9-10,12,15H,7-8,11H2,1H3,(H,19,20). The Bertz CT molecular complexity index is 795. The van der Waals surface area contributed by atoms with Crippen molar-refractivity contribution in [2.75, 3.05) is 13.1 Å². The fraction of sp³-hybridized carbons (Fsp3) is 0.333. The van der Waals surface area contributed by atoms with Crippen molar-refractivity contribution in [2.24, 2.45) is 5.92 Å². The molecule has 4 nitrogen and oxygen atoms in total. The van der Waals surface area contributed by atoms with E-state index in [0.29, 0.717) is 11.8 Å². The van der Waals surface area contributed by atoms with Gasteiger partial charge in [0, 0.05) is 18.5 Å². The van der Waals surface area contributed by atoms with Gasteiger partial charge in [-0.25, -0.2) is 0 Å². The maximum absolute atomic E-state index is 12.8. The molecule has 23 heavy (non-hydrogen) atoms. The van der Waals surface area contributed by atoms with Gasteiger partial charge in [-0.05, 0) is 29.9 Å². The van der Waals surface area contributed by atoms with Crippen LogP contribution < -0.4 is 0 Å². The number of carbonyl (C=O) groups excluding carboxylic acids is 1. The molecule has 118 valence electrons. The number of likely N-dealkylation sites (tertiary alicyclic amines) is 1. The number of aromatic amines is 1. The number of piperidine rings is 1. The van der Waals surface area contributed by atoms with E-state index < -0.39 is 0 Å². The Morgan fingerprint density at radius 3 is 2.91 bits per heavy atom. The molecule has 3 heterocycles. The zero-order valence-electron chi connectivity index (χ0n) is 13.0. The maximum atomic E-state index is 12.8. The van der Waals surface area contributed by atoms with E-state index in [1.807, 2.05) is 11.0 Å². The van der Waals surface area contributed by atoms with Gasteiger partial charge >= 0.3 is 0 Å². The third kappa shape index (κ3) is 2.65. The molecule has 0 bridgehead atoms. The van der Waals surface area contributed by atoms with E-state index in [-0.39, 0.29) is 5.91 Å². The van der Waals surface area contributed by atoms with Crippen molar-refractivity contribution in [1.29, 1.82) is 0 Å². The molecule has 1 saturated heterocycles. The number of aromatic nitrogens is 2. The molecule has 1 N–H and O–H groups in total. The van der Waals surface area contributed by atoms with Crippen LogP contribution in [-0.4, -0.2) is 34.1 Å². The number of hydrogen-bond donors (Lipinski definition) is 1. The molecule has 0 spiro atoms. The van der Waals surface area contributed by atoms with E-state index in [1.54, 1.807) is 6.20 Å². The molecule has 3 aromatic rings. The highest BCUT2D eigenvalue weighted by atomic mass is 32.1. The van der Waals surface area contributed by atoms with Crippen molar-refractivity contribution in [1.82, 2.24) is 15.1 Å². The van der Waals surface area contributed by atoms with Crippen LogP contribution in [0.2, 0.25) is 0 Å². The number of rotatable bonds is 2. The molecule has 1 aliphatic heterocycles. The molecule has 2 unspecified atom stereocenters. The number of H-pyrrole nitrogens is 1. The van der Waals surface area contributed by atoms with Gasteiger partial charge in [0.1, 0.15) is 4.83 Å². The van der Waals surface area contributed by atoms with E-state index in [0.717, 1.165) is 34.6 Å². The van der Waals surface area contributed by atoms with E-state index in [4.69, 9.17) is 0 Å². The fourth-order valence-electron chi connectivity index (χ4n) is 3.54. The van der Waals surface area contributed by atoms with Crippen LogP contribution >= 0.6 is 11.3 Å².